The summed E-state index contributed by atoms with van der Waals surface area (Å²) in [6.45, 7) is 1.32. The Bertz CT molecular complexity index is 1130. The van der Waals surface area contributed by atoms with Crippen LogP contribution >= 0.6 is 0 Å². The molecule has 0 radical (unpaired) electrons. The fraction of sp³-hybridized carbons (Fsp3) is 0.464. The molecule has 35 heavy (non-hydrogen) atoms. The third-order valence-electron chi connectivity index (χ3n) is 7.89. The normalized spacial score (nSPS) is 27.2. The number of hydrogen-bond donors (Lipinski definition) is 2. The van der Waals surface area contributed by atoms with Crippen molar-refractivity contribution in [3.63, 3.8) is 0 Å². The number of carbonyl (C=O) groups is 2. The molecule has 1 saturated heterocycles. The summed E-state index contributed by atoms with van der Waals surface area (Å²) in [6.07, 6.45) is 4.50. The van der Waals surface area contributed by atoms with Gasteiger partial charge in [0.2, 0.25) is 5.91 Å². The topological polar surface area (TPSA) is 94.5 Å². The lowest BCUT2D eigenvalue weighted by atomic mass is 9.81. The summed E-state index contributed by atoms with van der Waals surface area (Å²) in [7, 11) is 1.72. The van der Waals surface area contributed by atoms with Crippen molar-refractivity contribution in [2.24, 2.45) is 11.8 Å². The van der Waals surface area contributed by atoms with Gasteiger partial charge in [0, 0.05) is 36.9 Å². The summed E-state index contributed by atoms with van der Waals surface area (Å²) in [5.41, 5.74) is 3.27. The number of carbonyl (C=O) groups excluding carboxylic acids is 2. The molecule has 2 aromatic rings. The highest BCUT2D eigenvalue weighted by Gasteiger charge is 2.48. The van der Waals surface area contributed by atoms with E-state index in [1.165, 1.54) is 5.56 Å². The van der Waals surface area contributed by atoms with Crippen LogP contribution in [0.2, 0.25) is 0 Å². The van der Waals surface area contributed by atoms with Crippen LogP contribution in [0.4, 0.5) is 5.69 Å². The summed E-state index contributed by atoms with van der Waals surface area (Å²) >= 11 is 0. The lowest BCUT2D eigenvalue weighted by Gasteiger charge is -2.41. The Morgan fingerprint density at radius 1 is 1.11 bits per heavy atom. The summed E-state index contributed by atoms with van der Waals surface area (Å²) in [5, 5.41) is 15.8. The van der Waals surface area contributed by atoms with E-state index in [0.717, 1.165) is 44.3 Å². The first-order chi connectivity index (χ1) is 17.1. The molecular weight excluding hydrogens is 440 g/mol. The number of nitrogens with one attached hydrogen (secondary N) is 2. The number of benzene rings is 2. The van der Waals surface area contributed by atoms with Crippen molar-refractivity contribution in [2.75, 3.05) is 25.6 Å². The van der Waals surface area contributed by atoms with Crippen molar-refractivity contribution in [1.82, 2.24) is 10.2 Å². The lowest BCUT2D eigenvalue weighted by molar-refractivity contribution is -0.139. The van der Waals surface area contributed by atoms with Gasteiger partial charge in [-0.05, 0) is 55.2 Å². The average Bonchev–Trinajstić information content (AvgIpc) is 3.35. The fourth-order valence-electron chi connectivity index (χ4n) is 6.18. The lowest BCUT2D eigenvalue weighted by Crippen LogP contribution is -2.50. The van der Waals surface area contributed by atoms with Gasteiger partial charge in [0.1, 0.15) is 0 Å². The van der Waals surface area contributed by atoms with Crippen LogP contribution in [0, 0.1) is 23.2 Å². The molecule has 2 amide bonds. The first kappa shape index (κ1) is 23.4. The molecule has 2 heterocycles. The van der Waals surface area contributed by atoms with E-state index in [2.05, 4.69) is 33.7 Å². The van der Waals surface area contributed by atoms with Gasteiger partial charge in [-0.2, -0.15) is 5.26 Å². The second-order valence-electron chi connectivity index (χ2n) is 9.88. The van der Waals surface area contributed by atoms with E-state index in [4.69, 9.17) is 10.00 Å². The number of hydrogen-bond acceptors (Lipinski definition) is 5. The van der Waals surface area contributed by atoms with Gasteiger partial charge in [-0.25, -0.2) is 0 Å². The standard InChI is InChI=1S/C28H32N4O3/c1-35-17-25-21-14-15-32(26(21)20-6-2-4-8-23(20)30-25)28(34)22-7-3-5-9-24(22)31-27(33)19-12-10-18(16-29)11-13-19/h2,4,6,8,10-13,21-22,24-26,30H,3,5,7,9,14-15,17H2,1H3,(H,31,33)/t21-,22+,24-,25+,26+/m1/s1. The molecule has 0 aromatic heterocycles. The average molecular weight is 473 g/mol. The molecule has 7 heteroatoms. The van der Waals surface area contributed by atoms with Crippen LogP contribution in [0.3, 0.4) is 0 Å². The summed E-state index contributed by atoms with van der Waals surface area (Å²) in [5.74, 6) is 0.0258. The second-order valence-corrected chi connectivity index (χ2v) is 9.88. The van der Waals surface area contributed by atoms with E-state index < -0.39 is 0 Å². The minimum absolute atomic E-state index is 0.0249. The van der Waals surface area contributed by atoms with Gasteiger partial charge in [-0.1, -0.05) is 31.0 Å². The van der Waals surface area contributed by atoms with Gasteiger partial charge in [0.15, 0.2) is 0 Å². The van der Waals surface area contributed by atoms with Gasteiger partial charge >= 0.3 is 0 Å². The number of rotatable bonds is 5. The minimum atomic E-state index is -0.229. The Labute approximate surface area is 206 Å². The van der Waals surface area contributed by atoms with E-state index in [1.807, 2.05) is 12.1 Å². The van der Waals surface area contributed by atoms with E-state index >= 15 is 0 Å². The van der Waals surface area contributed by atoms with Gasteiger partial charge in [0.05, 0.1) is 36.2 Å². The highest BCUT2D eigenvalue weighted by Crippen LogP contribution is 2.47. The van der Waals surface area contributed by atoms with Crippen molar-refractivity contribution in [1.29, 1.82) is 5.26 Å². The highest BCUT2D eigenvalue weighted by atomic mass is 16.5. The van der Waals surface area contributed by atoms with Crippen molar-refractivity contribution >= 4 is 17.5 Å². The number of nitrogens with zero attached hydrogens (tertiary/aromatic N) is 2. The molecule has 2 aliphatic heterocycles. The van der Waals surface area contributed by atoms with Gasteiger partial charge in [0.25, 0.3) is 5.91 Å². The van der Waals surface area contributed by atoms with Crippen molar-refractivity contribution < 1.29 is 14.3 Å². The Hall–Kier alpha value is -3.37. The number of likely N-dealkylation sites (tertiary alicyclic amines) is 1. The van der Waals surface area contributed by atoms with Gasteiger partial charge < -0.3 is 20.3 Å². The SMILES string of the molecule is COC[C@@H]1Nc2ccccc2[C@H]2[C@@H]1CCN2C(=O)[C@H]1CCCC[C@H]1NC(=O)c1ccc(C#N)cc1. The molecule has 2 N–H and O–H groups in total. The van der Waals surface area contributed by atoms with Crippen molar-refractivity contribution in [3.8, 4) is 6.07 Å². The zero-order valence-corrected chi connectivity index (χ0v) is 20.1. The molecule has 182 valence electrons. The number of para-hydroxylation sites is 1. The molecule has 0 bridgehead atoms. The zero-order chi connectivity index (χ0) is 24.4. The van der Waals surface area contributed by atoms with Crippen molar-refractivity contribution in [3.05, 3.63) is 65.2 Å². The molecule has 3 aliphatic rings. The van der Waals surface area contributed by atoms with Crippen LogP contribution in [-0.2, 0) is 9.53 Å². The van der Waals surface area contributed by atoms with Crippen LogP contribution in [0.25, 0.3) is 0 Å². The van der Waals surface area contributed by atoms with Gasteiger partial charge in [-0.15, -0.1) is 0 Å². The maximum absolute atomic E-state index is 14.0. The van der Waals surface area contributed by atoms with Crippen LogP contribution in [0.15, 0.2) is 48.5 Å². The summed E-state index contributed by atoms with van der Waals surface area (Å²) in [6, 6.07) is 17.0. The molecule has 2 aromatic carbocycles. The number of amides is 2. The first-order valence-electron chi connectivity index (χ1n) is 12.6. The maximum atomic E-state index is 14.0. The second kappa shape index (κ2) is 10.1. The Morgan fingerprint density at radius 2 is 1.89 bits per heavy atom. The smallest absolute Gasteiger partial charge is 0.251 e. The van der Waals surface area contributed by atoms with E-state index in [9.17, 15) is 9.59 Å². The van der Waals surface area contributed by atoms with Crippen LogP contribution in [-0.4, -0.2) is 49.1 Å². The predicted molar refractivity (Wildman–Crippen MR) is 133 cm³/mol. The number of anilines is 1. The largest absolute Gasteiger partial charge is 0.383 e. The van der Waals surface area contributed by atoms with Crippen LogP contribution in [0.1, 0.15) is 59.6 Å². The summed E-state index contributed by atoms with van der Waals surface area (Å²) < 4.78 is 5.50. The van der Waals surface area contributed by atoms with Crippen molar-refractivity contribution in [2.45, 2.75) is 50.2 Å². The monoisotopic (exact) mass is 472 g/mol. The molecule has 0 unspecified atom stereocenters. The zero-order valence-electron chi connectivity index (χ0n) is 20.1. The number of methoxy groups -OCH3 is 1. The molecule has 2 fully saturated rings. The molecular formula is C28H32N4O3. The first-order valence-corrected chi connectivity index (χ1v) is 12.6. The third kappa shape index (κ3) is 4.51. The predicted octanol–water partition coefficient (Wildman–Crippen LogP) is 3.88. The quantitative estimate of drug-likeness (QED) is 0.689. The van der Waals surface area contributed by atoms with E-state index in [-0.39, 0.29) is 35.9 Å². The fourth-order valence-corrected chi connectivity index (χ4v) is 6.18. The Kier molecular flexibility index (Phi) is 6.74. The van der Waals surface area contributed by atoms with Crippen LogP contribution in [0.5, 0.6) is 0 Å². The molecule has 1 aliphatic carbocycles. The summed E-state index contributed by atoms with van der Waals surface area (Å²) in [4.78, 5) is 29.1. The Balaban J connectivity index is 1.36. The number of ether oxygens (including phenoxy) is 1. The minimum Gasteiger partial charge on any atom is -0.383 e. The van der Waals surface area contributed by atoms with Crippen LogP contribution < -0.4 is 10.6 Å². The highest BCUT2D eigenvalue weighted by molar-refractivity contribution is 5.95. The maximum Gasteiger partial charge on any atom is 0.251 e. The van der Waals surface area contributed by atoms with E-state index in [0.29, 0.717) is 23.7 Å². The van der Waals surface area contributed by atoms with E-state index in [1.54, 1.807) is 31.4 Å². The number of nitriles is 1. The molecule has 5 atom stereocenters. The molecule has 5 rings (SSSR count). The molecule has 0 spiro atoms. The number of fused-ring (bicyclic) bond motifs is 3. The molecule has 1 saturated carbocycles. The Morgan fingerprint density at radius 3 is 2.66 bits per heavy atom. The van der Waals surface area contributed by atoms with Gasteiger partial charge in [-0.3, -0.25) is 9.59 Å². The third-order valence-corrected chi connectivity index (χ3v) is 7.89. The molecule has 7 nitrogen and oxygen atoms in total.